The summed E-state index contributed by atoms with van der Waals surface area (Å²) < 4.78 is 0. The average Bonchev–Trinajstić information content (AvgIpc) is 1.92. The Labute approximate surface area is 119 Å². The second kappa shape index (κ2) is 4.18. The predicted molar refractivity (Wildman–Crippen MR) is 95.6 cm³/mol. The first-order valence-corrected chi connectivity index (χ1v) is 11.0. The fourth-order valence-electron chi connectivity index (χ4n) is 6.04. The first kappa shape index (κ1) is 18.9. The van der Waals surface area contributed by atoms with E-state index in [1.165, 1.54) is 0 Å². The fourth-order valence-corrected chi connectivity index (χ4v) is 18.1. The van der Waals surface area contributed by atoms with Crippen LogP contribution in [-0.2, 0) is 0 Å². The zero-order valence-electron chi connectivity index (χ0n) is 15.0. The average molecular weight is 292 g/mol. The zero-order chi connectivity index (χ0) is 15.4. The Morgan fingerprint density at radius 1 is 0.444 bits per heavy atom. The van der Waals surface area contributed by atoms with Crippen molar-refractivity contribution in [2.24, 2.45) is 0 Å². The van der Waals surface area contributed by atoms with Crippen LogP contribution in [0, 0.1) is 0 Å². The van der Waals surface area contributed by atoms with E-state index in [2.05, 4.69) is 92.0 Å². The molecule has 0 saturated heterocycles. The summed E-state index contributed by atoms with van der Waals surface area (Å²) in [5.41, 5.74) is 0. The van der Waals surface area contributed by atoms with Gasteiger partial charge in [-0.15, -0.1) is 0 Å². The summed E-state index contributed by atoms with van der Waals surface area (Å²) in [6.45, 7) is 29.5. The van der Waals surface area contributed by atoms with Gasteiger partial charge in [0.05, 0.1) is 0 Å². The summed E-state index contributed by atoms with van der Waals surface area (Å²) in [6.07, 6.45) is -2.19. The Bertz CT molecular complexity index is 245. The van der Waals surface area contributed by atoms with E-state index >= 15 is 0 Å². The molecule has 0 aromatic rings. The Morgan fingerprint density at radius 3 is 0.556 bits per heavy atom. The molecule has 0 nitrogen and oxygen atoms in total. The summed E-state index contributed by atoms with van der Waals surface area (Å²) >= 11 is 0. The molecule has 0 bridgehead atoms. The maximum atomic E-state index is 3.49. The summed E-state index contributed by atoms with van der Waals surface area (Å²) in [5.74, 6) is 0. The van der Waals surface area contributed by atoms with Crippen LogP contribution >= 0.6 is 15.2 Å². The number of rotatable bonds is 0. The van der Waals surface area contributed by atoms with E-state index in [0.717, 1.165) is 0 Å². The maximum absolute atomic E-state index is 3.49. The van der Waals surface area contributed by atoms with Crippen molar-refractivity contribution in [3.8, 4) is 0 Å². The van der Waals surface area contributed by atoms with Crippen LogP contribution in [0.25, 0.3) is 0 Å². The zero-order valence-corrected chi connectivity index (χ0v) is 17.1. The third-order valence-corrected chi connectivity index (χ3v) is 26.0. The monoisotopic (exact) mass is 292 g/mol. The molecular weight excluding hydrogens is 254 g/mol. The molecule has 0 amide bonds. The van der Waals surface area contributed by atoms with Crippen LogP contribution in [0.4, 0.5) is 0 Å². The van der Waals surface area contributed by atoms with Crippen molar-refractivity contribution in [1.82, 2.24) is 0 Å². The molecule has 0 aliphatic rings. The van der Waals surface area contributed by atoms with Crippen LogP contribution in [0.5, 0.6) is 0 Å². The van der Waals surface area contributed by atoms with Crippen molar-refractivity contribution in [1.29, 1.82) is 0 Å². The SMILES string of the molecule is CC(C)(C)P(P)(C(C)(C)C)(C(C)(C)C)C(C)(C)C. The Kier molecular flexibility index (Phi) is 4.38. The van der Waals surface area contributed by atoms with Gasteiger partial charge < -0.3 is 0 Å². The molecule has 0 radical (unpaired) electrons. The van der Waals surface area contributed by atoms with Gasteiger partial charge in [0, 0.05) is 0 Å². The van der Waals surface area contributed by atoms with Gasteiger partial charge in [0.25, 0.3) is 0 Å². The molecule has 0 aliphatic heterocycles. The van der Waals surface area contributed by atoms with Crippen LogP contribution in [-0.4, -0.2) is 20.6 Å². The molecule has 0 aromatic heterocycles. The summed E-state index contributed by atoms with van der Waals surface area (Å²) in [4.78, 5) is 0. The fraction of sp³-hybridized carbons (Fsp3) is 1.00. The molecule has 0 N–H and O–H groups in total. The van der Waals surface area contributed by atoms with E-state index in [4.69, 9.17) is 0 Å². The Morgan fingerprint density at radius 2 is 0.556 bits per heavy atom. The van der Waals surface area contributed by atoms with Crippen LogP contribution < -0.4 is 0 Å². The standard InChI is InChI=1S/C16H38P2/c1-13(2,3)18(17,14(4,5)6,15(7,8)9)16(10,11)12/h17H2,1-12H3. The molecule has 0 heterocycles. The van der Waals surface area contributed by atoms with Crippen LogP contribution in [0.15, 0.2) is 0 Å². The minimum absolute atomic E-state index is 0.297. The van der Waals surface area contributed by atoms with E-state index in [1.807, 2.05) is 0 Å². The second-order valence-corrected chi connectivity index (χ2v) is 20.7. The van der Waals surface area contributed by atoms with Crippen molar-refractivity contribution in [2.75, 3.05) is 0 Å². The van der Waals surface area contributed by atoms with Gasteiger partial charge in [-0.1, -0.05) is 0 Å². The van der Waals surface area contributed by atoms with Gasteiger partial charge in [-0.25, -0.2) is 0 Å². The Hall–Kier alpha value is 0.860. The van der Waals surface area contributed by atoms with Crippen molar-refractivity contribution < 1.29 is 0 Å². The normalized spacial score (nSPS) is 18.4. The molecular formula is C16H38P2. The summed E-state index contributed by atoms with van der Waals surface area (Å²) in [7, 11) is 3.49. The van der Waals surface area contributed by atoms with Gasteiger partial charge in [-0.2, -0.15) is 0 Å². The number of hydrogen-bond acceptors (Lipinski definition) is 0. The molecule has 0 aliphatic carbocycles. The van der Waals surface area contributed by atoms with E-state index in [9.17, 15) is 0 Å². The molecule has 0 spiro atoms. The molecule has 0 saturated carbocycles. The first-order chi connectivity index (χ1) is 7.34. The van der Waals surface area contributed by atoms with Crippen molar-refractivity contribution in [2.45, 2.75) is 104 Å². The minimum atomic E-state index is -2.19. The van der Waals surface area contributed by atoms with Crippen molar-refractivity contribution >= 4 is 15.2 Å². The molecule has 0 aromatic carbocycles. The molecule has 112 valence electrons. The predicted octanol–water partition coefficient (Wildman–Crippen LogP) is 6.52. The molecule has 0 fully saturated rings. The quantitative estimate of drug-likeness (QED) is 0.446. The third-order valence-electron chi connectivity index (χ3n) is 5.57. The van der Waals surface area contributed by atoms with E-state index in [0.29, 0.717) is 20.6 Å². The van der Waals surface area contributed by atoms with Crippen LogP contribution in [0.2, 0.25) is 0 Å². The summed E-state index contributed by atoms with van der Waals surface area (Å²) in [5, 5.41) is 1.19. The Balaban J connectivity index is 6.90. The van der Waals surface area contributed by atoms with Crippen LogP contribution in [0.1, 0.15) is 83.1 Å². The van der Waals surface area contributed by atoms with Crippen LogP contribution in [0.3, 0.4) is 0 Å². The van der Waals surface area contributed by atoms with E-state index in [-0.39, 0.29) is 0 Å². The van der Waals surface area contributed by atoms with Gasteiger partial charge in [0.15, 0.2) is 0 Å². The topological polar surface area (TPSA) is 0 Å². The van der Waals surface area contributed by atoms with Gasteiger partial charge in [-0.3, -0.25) is 0 Å². The first-order valence-electron chi connectivity index (χ1n) is 7.15. The molecule has 2 heteroatoms. The molecule has 0 rings (SSSR count). The summed E-state index contributed by atoms with van der Waals surface area (Å²) in [6, 6.07) is 0. The van der Waals surface area contributed by atoms with Gasteiger partial charge >= 0.3 is 119 Å². The molecule has 1 unspecified atom stereocenters. The van der Waals surface area contributed by atoms with Gasteiger partial charge in [-0.05, 0) is 0 Å². The van der Waals surface area contributed by atoms with E-state index in [1.54, 1.807) is 0 Å². The van der Waals surface area contributed by atoms with Gasteiger partial charge in [0.1, 0.15) is 0 Å². The second-order valence-electron chi connectivity index (χ2n) is 9.87. The third kappa shape index (κ3) is 1.78. The van der Waals surface area contributed by atoms with E-state index < -0.39 is 6.29 Å². The van der Waals surface area contributed by atoms with Crippen molar-refractivity contribution in [3.63, 3.8) is 0 Å². The van der Waals surface area contributed by atoms with Crippen molar-refractivity contribution in [3.05, 3.63) is 0 Å². The number of hydrogen-bond donors (Lipinski definition) is 0. The molecule has 18 heavy (non-hydrogen) atoms. The van der Waals surface area contributed by atoms with Gasteiger partial charge in [0.2, 0.25) is 0 Å². The molecule has 1 atom stereocenters.